The normalized spacial score (nSPS) is 10.3. The van der Waals surface area contributed by atoms with Crippen molar-refractivity contribution in [3.63, 3.8) is 0 Å². The van der Waals surface area contributed by atoms with Crippen molar-refractivity contribution in [3.05, 3.63) is 56.1 Å². The van der Waals surface area contributed by atoms with Crippen molar-refractivity contribution in [3.8, 4) is 5.75 Å². The fraction of sp³-hybridized carbons (Fsp3) is 0.0714. The van der Waals surface area contributed by atoms with E-state index in [1.807, 2.05) is 25.1 Å². The molecule has 0 unspecified atom stereocenters. The highest BCUT2D eigenvalue weighted by molar-refractivity contribution is 14.1. The number of amides is 1. The lowest BCUT2D eigenvalue weighted by molar-refractivity contribution is 0.102. The number of phenols is 1. The quantitative estimate of drug-likeness (QED) is 0.758. The maximum absolute atomic E-state index is 12.1. The van der Waals surface area contributed by atoms with Crippen molar-refractivity contribution >= 4 is 45.8 Å². The van der Waals surface area contributed by atoms with Crippen molar-refractivity contribution in [2.45, 2.75) is 6.92 Å². The summed E-state index contributed by atoms with van der Waals surface area (Å²) in [6, 6.07) is 10.1. The monoisotopic (exact) mass is 387 g/mol. The Balaban J connectivity index is 2.30. The van der Waals surface area contributed by atoms with Gasteiger partial charge in [-0.2, -0.15) is 0 Å². The van der Waals surface area contributed by atoms with Gasteiger partial charge < -0.3 is 10.4 Å². The van der Waals surface area contributed by atoms with Gasteiger partial charge in [-0.15, -0.1) is 0 Å². The number of aryl methyl sites for hydroxylation is 1. The molecule has 98 valence electrons. The van der Waals surface area contributed by atoms with Gasteiger partial charge in [-0.3, -0.25) is 4.79 Å². The Kier molecular flexibility index (Phi) is 4.31. The Hall–Kier alpha value is -1.27. The highest BCUT2D eigenvalue weighted by atomic mass is 127. The SMILES string of the molecule is Cc1ccc(I)cc1NC(=O)c1cc(O)ccc1Cl. The second-order valence-corrected chi connectivity index (χ2v) is 5.73. The molecule has 19 heavy (non-hydrogen) atoms. The summed E-state index contributed by atoms with van der Waals surface area (Å²) in [4.78, 5) is 12.1. The number of hydrogen-bond acceptors (Lipinski definition) is 2. The van der Waals surface area contributed by atoms with Crippen LogP contribution in [0.5, 0.6) is 5.75 Å². The molecule has 0 bridgehead atoms. The van der Waals surface area contributed by atoms with E-state index in [0.29, 0.717) is 5.02 Å². The molecule has 0 radical (unpaired) electrons. The molecule has 0 spiro atoms. The number of hydrogen-bond donors (Lipinski definition) is 2. The van der Waals surface area contributed by atoms with Crippen LogP contribution in [0, 0.1) is 10.5 Å². The molecule has 0 aliphatic rings. The Morgan fingerprint density at radius 3 is 2.74 bits per heavy atom. The van der Waals surface area contributed by atoms with E-state index in [1.54, 1.807) is 0 Å². The average Bonchev–Trinajstić information content (AvgIpc) is 2.36. The highest BCUT2D eigenvalue weighted by Crippen LogP contribution is 2.24. The van der Waals surface area contributed by atoms with Gasteiger partial charge in [0.1, 0.15) is 5.75 Å². The van der Waals surface area contributed by atoms with E-state index in [-0.39, 0.29) is 17.2 Å². The van der Waals surface area contributed by atoms with Crippen LogP contribution in [0.15, 0.2) is 36.4 Å². The topological polar surface area (TPSA) is 49.3 Å². The third-order valence-corrected chi connectivity index (χ3v) is 3.64. The van der Waals surface area contributed by atoms with E-state index in [1.165, 1.54) is 18.2 Å². The van der Waals surface area contributed by atoms with Crippen molar-refractivity contribution in [2.24, 2.45) is 0 Å². The molecule has 5 heteroatoms. The molecule has 2 aromatic rings. The summed E-state index contributed by atoms with van der Waals surface area (Å²) in [7, 11) is 0. The minimum atomic E-state index is -0.342. The summed E-state index contributed by atoms with van der Waals surface area (Å²) in [6.07, 6.45) is 0. The smallest absolute Gasteiger partial charge is 0.257 e. The first kappa shape index (κ1) is 14.1. The molecule has 2 aromatic carbocycles. The first-order chi connectivity index (χ1) is 8.97. The van der Waals surface area contributed by atoms with Gasteiger partial charge in [0.15, 0.2) is 0 Å². The number of anilines is 1. The molecule has 0 aliphatic heterocycles. The Bertz CT molecular complexity index is 643. The van der Waals surface area contributed by atoms with Crippen LogP contribution in [-0.4, -0.2) is 11.0 Å². The Morgan fingerprint density at radius 2 is 2.00 bits per heavy atom. The van der Waals surface area contributed by atoms with Gasteiger partial charge >= 0.3 is 0 Å². The van der Waals surface area contributed by atoms with Crippen molar-refractivity contribution in [2.75, 3.05) is 5.32 Å². The van der Waals surface area contributed by atoms with Gasteiger partial charge in [-0.25, -0.2) is 0 Å². The molecule has 2 N–H and O–H groups in total. The predicted octanol–water partition coefficient (Wildman–Crippen LogP) is 4.21. The zero-order valence-electron chi connectivity index (χ0n) is 10.1. The van der Waals surface area contributed by atoms with Gasteiger partial charge in [0.05, 0.1) is 10.6 Å². The first-order valence-corrected chi connectivity index (χ1v) is 6.99. The molecule has 2 rings (SSSR count). The van der Waals surface area contributed by atoms with Crippen LogP contribution in [0.4, 0.5) is 5.69 Å². The van der Waals surface area contributed by atoms with E-state index in [9.17, 15) is 9.90 Å². The molecule has 1 amide bonds. The molecule has 0 aromatic heterocycles. The lowest BCUT2D eigenvalue weighted by atomic mass is 10.1. The highest BCUT2D eigenvalue weighted by Gasteiger charge is 2.12. The van der Waals surface area contributed by atoms with Crippen LogP contribution in [0.3, 0.4) is 0 Å². The van der Waals surface area contributed by atoms with Gasteiger partial charge in [-0.05, 0) is 65.4 Å². The number of carbonyl (C=O) groups is 1. The van der Waals surface area contributed by atoms with E-state index in [0.717, 1.165) is 14.8 Å². The second-order valence-electron chi connectivity index (χ2n) is 4.08. The number of rotatable bonds is 2. The Labute approximate surface area is 129 Å². The van der Waals surface area contributed by atoms with Gasteiger partial charge in [0.2, 0.25) is 0 Å². The number of benzene rings is 2. The lowest BCUT2D eigenvalue weighted by Crippen LogP contribution is -2.13. The third kappa shape index (κ3) is 3.39. The standard InChI is InChI=1S/C14H11ClINO2/c1-8-2-3-9(16)6-13(8)17-14(19)11-7-10(18)4-5-12(11)15/h2-7,18H,1H3,(H,17,19). The molecule has 0 saturated carbocycles. The summed E-state index contributed by atoms with van der Waals surface area (Å²) in [5.41, 5.74) is 1.95. The predicted molar refractivity (Wildman–Crippen MR) is 85.0 cm³/mol. The average molecular weight is 388 g/mol. The fourth-order valence-corrected chi connectivity index (χ4v) is 2.30. The summed E-state index contributed by atoms with van der Waals surface area (Å²) in [5.74, 6) is -0.333. The molecular formula is C14H11ClINO2. The zero-order chi connectivity index (χ0) is 14.0. The number of halogens is 2. The summed E-state index contributed by atoms with van der Waals surface area (Å²) < 4.78 is 1.03. The van der Waals surface area contributed by atoms with Crippen molar-refractivity contribution in [1.82, 2.24) is 0 Å². The lowest BCUT2D eigenvalue weighted by Gasteiger charge is -2.10. The van der Waals surface area contributed by atoms with E-state index < -0.39 is 0 Å². The van der Waals surface area contributed by atoms with Crippen LogP contribution in [0.1, 0.15) is 15.9 Å². The first-order valence-electron chi connectivity index (χ1n) is 5.53. The van der Waals surface area contributed by atoms with Crippen LogP contribution in [0.25, 0.3) is 0 Å². The van der Waals surface area contributed by atoms with E-state index in [2.05, 4.69) is 27.9 Å². The van der Waals surface area contributed by atoms with Crippen LogP contribution in [0.2, 0.25) is 5.02 Å². The minimum Gasteiger partial charge on any atom is -0.508 e. The summed E-state index contributed by atoms with van der Waals surface area (Å²) in [6.45, 7) is 1.91. The number of phenolic OH excluding ortho intramolecular Hbond substituents is 1. The molecule has 3 nitrogen and oxygen atoms in total. The van der Waals surface area contributed by atoms with E-state index >= 15 is 0 Å². The third-order valence-electron chi connectivity index (χ3n) is 2.64. The van der Waals surface area contributed by atoms with Crippen molar-refractivity contribution in [1.29, 1.82) is 0 Å². The maximum atomic E-state index is 12.1. The van der Waals surface area contributed by atoms with Crippen LogP contribution >= 0.6 is 34.2 Å². The van der Waals surface area contributed by atoms with Crippen molar-refractivity contribution < 1.29 is 9.90 Å². The summed E-state index contributed by atoms with van der Waals surface area (Å²) >= 11 is 8.13. The largest absolute Gasteiger partial charge is 0.508 e. The second kappa shape index (κ2) is 5.79. The summed E-state index contributed by atoms with van der Waals surface area (Å²) in [5, 5.41) is 12.5. The van der Waals surface area contributed by atoms with Crippen LogP contribution < -0.4 is 5.32 Å². The van der Waals surface area contributed by atoms with Crippen LogP contribution in [-0.2, 0) is 0 Å². The molecule has 0 fully saturated rings. The molecule has 0 heterocycles. The van der Waals surface area contributed by atoms with Gasteiger partial charge in [-0.1, -0.05) is 17.7 Å². The maximum Gasteiger partial charge on any atom is 0.257 e. The van der Waals surface area contributed by atoms with Gasteiger partial charge in [0, 0.05) is 9.26 Å². The fourth-order valence-electron chi connectivity index (χ4n) is 1.61. The zero-order valence-corrected chi connectivity index (χ0v) is 13.0. The molecule has 0 aliphatic carbocycles. The van der Waals surface area contributed by atoms with E-state index in [4.69, 9.17) is 11.6 Å². The van der Waals surface area contributed by atoms with Gasteiger partial charge in [0.25, 0.3) is 5.91 Å². The number of aromatic hydroxyl groups is 1. The number of nitrogens with one attached hydrogen (secondary N) is 1. The Morgan fingerprint density at radius 1 is 1.26 bits per heavy atom. The number of carbonyl (C=O) groups excluding carboxylic acids is 1. The molecule has 0 saturated heterocycles. The minimum absolute atomic E-state index is 0.00825. The molecule has 0 atom stereocenters. The molecular weight excluding hydrogens is 377 g/mol.